The molecule has 1 N–H and O–H groups in total. The van der Waals surface area contributed by atoms with Crippen LogP contribution in [0.25, 0.3) is 0 Å². The lowest BCUT2D eigenvalue weighted by molar-refractivity contribution is -0.396. The van der Waals surface area contributed by atoms with Gasteiger partial charge in [0.05, 0.1) is 6.61 Å². The molecule has 0 saturated carbocycles. The van der Waals surface area contributed by atoms with Crippen molar-refractivity contribution >= 4 is 17.4 Å². The molecular formula is C24H29ClO4. The molecule has 2 aromatic rings. The van der Waals surface area contributed by atoms with Crippen LogP contribution in [0.4, 0.5) is 0 Å². The van der Waals surface area contributed by atoms with Crippen molar-refractivity contribution in [1.29, 1.82) is 0 Å². The number of benzene rings is 2. The summed E-state index contributed by atoms with van der Waals surface area (Å²) in [6, 6.07) is 12.0. The van der Waals surface area contributed by atoms with Crippen LogP contribution >= 0.6 is 11.6 Å². The molecule has 1 atom stereocenters. The first-order valence-corrected chi connectivity index (χ1v) is 10.9. The summed E-state index contributed by atoms with van der Waals surface area (Å²) < 4.78 is 6.14. The highest BCUT2D eigenvalue weighted by Gasteiger charge is 2.46. The number of ether oxygens (including phenoxy) is 1. The van der Waals surface area contributed by atoms with Crippen molar-refractivity contribution in [2.24, 2.45) is 0 Å². The number of unbranched alkanes of at least 4 members (excludes halogenated alkanes) is 7. The van der Waals surface area contributed by atoms with Gasteiger partial charge in [-0.2, -0.15) is 4.89 Å². The zero-order chi connectivity index (χ0) is 20.7. The summed E-state index contributed by atoms with van der Waals surface area (Å²) in [6.45, 7) is 2.64. The molecule has 0 aromatic heterocycles. The van der Waals surface area contributed by atoms with E-state index in [1.165, 1.54) is 38.5 Å². The van der Waals surface area contributed by atoms with Crippen LogP contribution in [0.1, 0.15) is 85.3 Å². The van der Waals surface area contributed by atoms with Crippen molar-refractivity contribution in [2.75, 3.05) is 6.61 Å². The first-order valence-electron chi connectivity index (χ1n) is 10.5. The summed E-state index contributed by atoms with van der Waals surface area (Å²) in [6.07, 6.45) is 9.47. The summed E-state index contributed by atoms with van der Waals surface area (Å²) in [5, 5.41) is 10.4. The molecule has 0 heterocycles. The van der Waals surface area contributed by atoms with Gasteiger partial charge < -0.3 is 4.74 Å². The second kappa shape index (κ2) is 10.4. The Hall–Kier alpha value is -1.72. The van der Waals surface area contributed by atoms with Crippen molar-refractivity contribution < 1.29 is 19.7 Å². The maximum Gasteiger partial charge on any atom is 0.255 e. The van der Waals surface area contributed by atoms with Gasteiger partial charge in [-0.1, -0.05) is 93.8 Å². The normalized spacial score (nSPS) is 17.8. The van der Waals surface area contributed by atoms with Gasteiger partial charge in [0.15, 0.2) is 5.78 Å². The molecule has 2 aromatic carbocycles. The van der Waals surface area contributed by atoms with E-state index in [-0.39, 0.29) is 5.78 Å². The van der Waals surface area contributed by atoms with Crippen LogP contribution in [-0.4, -0.2) is 17.6 Å². The summed E-state index contributed by atoms with van der Waals surface area (Å²) in [4.78, 5) is 17.9. The SMILES string of the molecule is CCCCCCCCCCOC1(OO)c2ccccc2C(=O)c2cc(Cl)ccc21. The van der Waals surface area contributed by atoms with E-state index in [1.54, 1.807) is 42.5 Å². The topological polar surface area (TPSA) is 55.8 Å². The van der Waals surface area contributed by atoms with Crippen molar-refractivity contribution in [3.63, 3.8) is 0 Å². The maximum atomic E-state index is 12.9. The van der Waals surface area contributed by atoms with E-state index >= 15 is 0 Å². The number of hydrogen-bond donors (Lipinski definition) is 1. The van der Waals surface area contributed by atoms with Gasteiger partial charge >= 0.3 is 0 Å². The third-order valence-corrected chi connectivity index (χ3v) is 5.77. The summed E-state index contributed by atoms with van der Waals surface area (Å²) in [5.74, 6) is -1.67. The molecule has 0 amide bonds. The highest BCUT2D eigenvalue weighted by molar-refractivity contribution is 6.31. The number of ketones is 1. The second-order valence-electron chi connectivity index (χ2n) is 7.60. The molecule has 0 saturated heterocycles. The smallest absolute Gasteiger partial charge is 0.255 e. The Kier molecular flexibility index (Phi) is 7.84. The first-order chi connectivity index (χ1) is 14.1. The Morgan fingerprint density at radius 1 is 0.897 bits per heavy atom. The van der Waals surface area contributed by atoms with E-state index in [1.807, 2.05) is 0 Å². The highest BCUT2D eigenvalue weighted by Crippen LogP contribution is 2.44. The number of halogens is 1. The van der Waals surface area contributed by atoms with Crippen molar-refractivity contribution in [3.05, 3.63) is 69.7 Å². The Morgan fingerprint density at radius 2 is 1.55 bits per heavy atom. The van der Waals surface area contributed by atoms with Gasteiger partial charge in [0.1, 0.15) is 0 Å². The number of hydrogen-bond acceptors (Lipinski definition) is 4. The number of fused-ring (bicyclic) bond motifs is 2. The lowest BCUT2D eigenvalue weighted by Crippen LogP contribution is -2.40. The molecule has 156 valence electrons. The van der Waals surface area contributed by atoms with Gasteiger partial charge in [0.25, 0.3) is 5.79 Å². The molecule has 29 heavy (non-hydrogen) atoms. The monoisotopic (exact) mass is 416 g/mol. The zero-order valence-electron chi connectivity index (χ0n) is 17.0. The lowest BCUT2D eigenvalue weighted by atomic mass is 9.80. The van der Waals surface area contributed by atoms with E-state index in [2.05, 4.69) is 6.92 Å². The molecule has 0 radical (unpaired) electrons. The quantitative estimate of drug-likeness (QED) is 0.191. The van der Waals surface area contributed by atoms with E-state index in [9.17, 15) is 10.1 Å². The molecular weight excluding hydrogens is 388 g/mol. The average molecular weight is 417 g/mol. The van der Waals surface area contributed by atoms with Crippen LogP contribution in [0, 0.1) is 0 Å². The Balaban J connectivity index is 1.72. The van der Waals surface area contributed by atoms with E-state index in [4.69, 9.17) is 21.2 Å². The minimum absolute atomic E-state index is 0.151. The van der Waals surface area contributed by atoms with Gasteiger partial charge in [-0.05, 0) is 18.6 Å². The molecule has 1 aliphatic rings. The van der Waals surface area contributed by atoms with Gasteiger partial charge in [0, 0.05) is 27.3 Å². The van der Waals surface area contributed by atoms with E-state index < -0.39 is 5.79 Å². The number of carbonyl (C=O) groups excluding carboxylic acids is 1. The first kappa shape index (κ1) is 22.0. The molecule has 0 fully saturated rings. The Morgan fingerprint density at radius 3 is 2.28 bits per heavy atom. The third kappa shape index (κ3) is 4.72. The van der Waals surface area contributed by atoms with Crippen LogP contribution in [-0.2, 0) is 15.4 Å². The van der Waals surface area contributed by atoms with Crippen molar-refractivity contribution in [1.82, 2.24) is 0 Å². The fourth-order valence-electron chi connectivity index (χ4n) is 3.98. The Bertz CT molecular complexity index is 835. The minimum Gasteiger partial charge on any atom is -0.340 e. The van der Waals surface area contributed by atoms with Gasteiger partial charge in [-0.15, -0.1) is 0 Å². The lowest BCUT2D eigenvalue weighted by Gasteiger charge is -2.36. The molecule has 1 unspecified atom stereocenters. The Labute approximate surface area is 177 Å². The molecule has 0 spiro atoms. The molecule has 0 bridgehead atoms. The predicted octanol–water partition coefficient (Wildman–Crippen LogP) is 6.73. The standard InChI is InChI=1S/C24H29ClO4/c1-2-3-4-5-6-7-8-11-16-28-24(29-27)21-13-10-9-12-19(21)23(26)20-17-18(25)14-15-22(20)24/h9-10,12-15,17,27H,2-8,11,16H2,1H3. The largest absolute Gasteiger partial charge is 0.340 e. The van der Waals surface area contributed by atoms with E-state index in [0.29, 0.717) is 33.9 Å². The second-order valence-corrected chi connectivity index (χ2v) is 8.03. The van der Waals surface area contributed by atoms with Crippen molar-refractivity contribution in [2.45, 2.75) is 64.1 Å². The van der Waals surface area contributed by atoms with Crippen LogP contribution in [0.2, 0.25) is 5.02 Å². The average Bonchev–Trinajstić information content (AvgIpc) is 2.75. The predicted molar refractivity (Wildman–Crippen MR) is 114 cm³/mol. The van der Waals surface area contributed by atoms with Gasteiger partial charge in [-0.25, -0.2) is 5.26 Å². The zero-order valence-corrected chi connectivity index (χ0v) is 17.7. The molecule has 4 nitrogen and oxygen atoms in total. The van der Waals surface area contributed by atoms with Crippen molar-refractivity contribution in [3.8, 4) is 0 Å². The maximum absolute atomic E-state index is 12.9. The fraction of sp³-hybridized carbons (Fsp3) is 0.458. The molecule has 5 heteroatoms. The summed E-state index contributed by atoms with van der Waals surface area (Å²) in [5.41, 5.74) is 1.84. The minimum atomic E-state index is -1.52. The van der Waals surface area contributed by atoms with Crippen LogP contribution < -0.4 is 0 Å². The molecule has 3 rings (SSSR count). The van der Waals surface area contributed by atoms with Gasteiger partial charge in [0.2, 0.25) is 0 Å². The van der Waals surface area contributed by atoms with Gasteiger partial charge in [-0.3, -0.25) is 4.79 Å². The summed E-state index contributed by atoms with van der Waals surface area (Å²) in [7, 11) is 0. The van der Waals surface area contributed by atoms with Crippen LogP contribution in [0.5, 0.6) is 0 Å². The van der Waals surface area contributed by atoms with Crippen LogP contribution in [0.15, 0.2) is 42.5 Å². The number of carbonyl (C=O) groups is 1. The van der Waals surface area contributed by atoms with E-state index in [0.717, 1.165) is 12.8 Å². The summed E-state index contributed by atoms with van der Waals surface area (Å²) >= 11 is 6.12. The molecule has 0 aliphatic heterocycles. The fourth-order valence-corrected chi connectivity index (χ4v) is 4.15. The van der Waals surface area contributed by atoms with Crippen LogP contribution in [0.3, 0.4) is 0 Å². The third-order valence-electron chi connectivity index (χ3n) is 5.54. The highest BCUT2D eigenvalue weighted by atomic mass is 35.5. The number of rotatable bonds is 11. The molecule has 1 aliphatic carbocycles.